The summed E-state index contributed by atoms with van der Waals surface area (Å²) in [5.74, 6) is -0.217. The van der Waals surface area contributed by atoms with Crippen molar-refractivity contribution in [3.05, 3.63) is 35.8 Å². The average molecular weight is 266 g/mol. The van der Waals surface area contributed by atoms with Gasteiger partial charge in [-0.3, -0.25) is 4.79 Å². The van der Waals surface area contributed by atoms with Crippen molar-refractivity contribution in [2.45, 2.75) is 46.5 Å². The average Bonchev–Trinajstić information content (AvgIpc) is 2.41. The molecule has 0 aliphatic rings. The lowest BCUT2D eigenvalue weighted by atomic mass is 10.2. The number of carbonyl (C=O) groups is 1. The first-order valence-corrected chi connectivity index (χ1v) is 6.43. The lowest BCUT2D eigenvalue weighted by Gasteiger charge is -1.99. The van der Waals surface area contributed by atoms with Gasteiger partial charge >= 0.3 is 5.97 Å². The summed E-state index contributed by atoms with van der Waals surface area (Å²) in [6, 6.07) is 0. The van der Waals surface area contributed by atoms with Gasteiger partial charge in [0.25, 0.3) is 0 Å². The Balaban J connectivity index is 0. The van der Waals surface area contributed by atoms with Crippen molar-refractivity contribution >= 4 is 5.97 Å². The van der Waals surface area contributed by atoms with E-state index in [-0.39, 0.29) is 12.6 Å². The third-order valence-electron chi connectivity index (χ3n) is 2.31. The SMILES string of the molecule is C=C=C(C)CCCO.C=C=C(C)CCCOC(C)=O. The van der Waals surface area contributed by atoms with Crippen molar-refractivity contribution in [3.63, 3.8) is 0 Å². The van der Waals surface area contributed by atoms with Gasteiger partial charge < -0.3 is 9.84 Å². The second-order valence-corrected chi connectivity index (χ2v) is 4.18. The lowest BCUT2D eigenvalue weighted by Crippen LogP contribution is -2.00. The van der Waals surface area contributed by atoms with Crippen LogP contribution in [0.25, 0.3) is 0 Å². The summed E-state index contributed by atoms with van der Waals surface area (Å²) in [5, 5.41) is 8.35. The van der Waals surface area contributed by atoms with Crippen LogP contribution in [0.4, 0.5) is 0 Å². The van der Waals surface area contributed by atoms with Gasteiger partial charge in [0.2, 0.25) is 0 Å². The molecular formula is C16H26O3. The van der Waals surface area contributed by atoms with E-state index in [9.17, 15) is 4.79 Å². The molecule has 1 N–H and O–H groups in total. The van der Waals surface area contributed by atoms with E-state index < -0.39 is 0 Å². The first-order valence-electron chi connectivity index (χ1n) is 6.43. The lowest BCUT2D eigenvalue weighted by molar-refractivity contribution is -0.141. The Kier molecular flexibility index (Phi) is 15.1. The molecule has 0 aromatic rings. The maximum Gasteiger partial charge on any atom is 0.302 e. The van der Waals surface area contributed by atoms with E-state index in [2.05, 4.69) is 24.6 Å². The van der Waals surface area contributed by atoms with Crippen molar-refractivity contribution in [1.82, 2.24) is 0 Å². The van der Waals surface area contributed by atoms with E-state index >= 15 is 0 Å². The van der Waals surface area contributed by atoms with Crippen LogP contribution < -0.4 is 0 Å². The van der Waals surface area contributed by atoms with Gasteiger partial charge in [-0.25, -0.2) is 0 Å². The summed E-state index contributed by atoms with van der Waals surface area (Å²) in [5.41, 5.74) is 7.77. The Labute approximate surface area is 117 Å². The maximum absolute atomic E-state index is 10.3. The van der Waals surface area contributed by atoms with E-state index in [0.29, 0.717) is 6.61 Å². The van der Waals surface area contributed by atoms with Gasteiger partial charge in [0, 0.05) is 13.5 Å². The highest BCUT2D eigenvalue weighted by Gasteiger charge is 1.92. The third-order valence-corrected chi connectivity index (χ3v) is 2.31. The van der Waals surface area contributed by atoms with Gasteiger partial charge in [0.05, 0.1) is 6.61 Å². The fraction of sp³-hybridized carbons (Fsp3) is 0.562. The standard InChI is InChI=1S/C9H14O2.C7H12O/c1-4-8(2)6-5-7-11-9(3)10;1-3-7(2)5-4-6-8/h1,5-7H2,2-3H3;8H,1,4-6H2,2H3. The smallest absolute Gasteiger partial charge is 0.302 e. The molecular weight excluding hydrogens is 240 g/mol. The normalized spacial score (nSPS) is 8.42. The van der Waals surface area contributed by atoms with Crippen LogP contribution in [0, 0.1) is 0 Å². The molecule has 3 nitrogen and oxygen atoms in total. The van der Waals surface area contributed by atoms with Crippen LogP contribution in [0.5, 0.6) is 0 Å². The van der Waals surface area contributed by atoms with Crippen molar-refractivity contribution in [2.24, 2.45) is 0 Å². The molecule has 108 valence electrons. The fourth-order valence-corrected chi connectivity index (χ4v) is 1.07. The van der Waals surface area contributed by atoms with E-state index in [0.717, 1.165) is 36.8 Å². The number of hydrogen-bond donors (Lipinski definition) is 1. The second-order valence-electron chi connectivity index (χ2n) is 4.18. The summed E-state index contributed by atoms with van der Waals surface area (Å²) >= 11 is 0. The number of aliphatic hydroxyl groups excluding tert-OH is 1. The molecule has 0 amide bonds. The second kappa shape index (κ2) is 14.5. The van der Waals surface area contributed by atoms with E-state index in [1.165, 1.54) is 6.92 Å². The van der Waals surface area contributed by atoms with Crippen LogP contribution in [0.3, 0.4) is 0 Å². The highest BCUT2D eigenvalue weighted by molar-refractivity contribution is 5.65. The minimum Gasteiger partial charge on any atom is -0.466 e. The van der Waals surface area contributed by atoms with Crippen LogP contribution in [0.1, 0.15) is 46.5 Å². The summed E-state index contributed by atoms with van der Waals surface area (Å²) in [6.07, 6.45) is 3.50. The number of rotatable bonds is 7. The Morgan fingerprint density at radius 2 is 1.53 bits per heavy atom. The minimum absolute atomic E-state index is 0.217. The highest BCUT2D eigenvalue weighted by Crippen LogP contribution is 2.01. The highest BCUT2D eigenvalue weighted by atomic mass is 16.5. The molecule has 19 heavy (non-hydrogen) atoms. The predicted octanol–water partition coefficient (Wildman–Crippen LogP) is 3.55. The van der Waals surface area contributed by atoms with Crippen LogP contribution in [0.2, 0.25) is 0 Å². The fourth-order valence-electron chi connectivity index (χ4n) is 1.07. The van der Waals surface area contributed by atoms with Gasteiger partial charge in [-0.15, -0.1) is 11.5 Å². The Morgan fingerprint density at radius 1 is 1.05 bits per heavy atom. The summed E-state index contributed by atoms with van der Waals surface area (Å²) in [4.78, 5) is 10.3. The van der Waals surface area contributed by atoms with E-state index in [4.69, 9.17) is 9.84 Å². The Morgan fingerprint density at radius 3 is 1.89 bits per heavy atom. The largest absolute Gasteiger partial charge is 0.466 e. The zero-order valence-electron chi connectivity index (χ0n) is 12.4. The van der Waals surface area contributed by atoms with E-state index in [1.807, 2.05) is 13.8 Å². The van der Waals surface area contributed by atoms with Crippen molar-refractivity contribution in [3.8, 4) is 0 Å². The number of aliphatic hydroxyl groups is 1. The van der Waals surface area contributed by atoms with Crippen molar-refractivity contribution in [2.75, 3.05) is 13.2 Å². The third kappa shape index (κ3) is 19.0. The molecule has 0 aliphatic heterocycles. The first-order chi connectivity index (χ1) is 8.97. The van der Waals surface area contributed by atoms with Gasteiger partial charge in [-0.05, 0) is 50.7 Å². The molecule has 0 spiro atoms. The summed E-state index contributed by atoms with van der Waals surface area (Å²) in [6.45, 7) is 13.1. The monoisotopic (exact) mass is 266 g/mol. The molecule has 0 aliphatic carbocycles. The molecule has 0 rings (SSSR count). The molecule has 0 bridgehead atoms. The number of allylic oxidation sites excluding steroid dienone is 2. The molecule has 0 fully saturated rings. The molecule has 0 atom stereocenters. The van der Waals surface area contributed by atoms with E-state index in [1.54, 1.807) is 0 Å². The first kappa shape index (κ1) is 19.8. The molecule has 3 heteroatoms. The van der Waals surface area contributed by atoms with Gasteiger partial charge in [-0.2, -0.15) is 0 Å². The zero-order chi connectivity index (χ0) is 15.1. The Bertz CT molecular complexity index is 343. The van der Waals surface area contributed by atoms with Crippen LogP contribution in [0.15, 0.2) is 35.8 Å². The molecule has 0 saturated heterocycles. The molecule has 0 aromatic heterocycles. The quantitative estimate of drug-likeness (QED) is 0.435. The minimum atomic E-state index is -0.217. The molecule has 0 aromatic carbocycles. The van der Waals surface area contributed by atoms with Crippen molar-refractivity contribution in [1.29, 1.82) is 0 Å². The molecule has 0 heterocycles. The Hall–Kier alpha value is -1.53. The summed E-state index contributed by atoms with van der Waals surface area (Å²) in [7, 11) is 0. The van der Waals surface area contributed by atoms with Crippen molar-refractivity contribution < 1.29 is 14.6 Å². The van der Waals surface area contributed by atoms with Gasteiger partial charge in [0.15, 0.2) is 0 Å². The summed E-state index contributed by atoms with van der Waals surface area (Å²) < 4.78 is 4.74. The van der Waals surface area contributed by atoms with Crippen LogP contribution in [-0.2, 0) is 9.53 Å². The number of hydrogen-bond acceptors (Lipinski definition) is 3. The molecule has 0 saturated carbocycles. The van der Waals surface area contributed by atoms with Crippen LogP contribution in [-0.4, -0.2) is 24.3 Å². The molecule has 0 radical (unpaired) electrons. The molecule has 0 unspecified atom stereocenters. The number of esters is 1. The number of carbonyl (C=O) groups excluding carboxylic acids is 1. The maximum atomic E-state index is 10.3. The topological polar surface area (TPSA) is 46.5 Å². The predicted molar refractivity (Wildman–Crippen MR) is 78.8 cm³/mol. The van der Waals surface area contributed by atoms with Gasteiger partial charge in [0.1, 0.15) is 0 Å². The van der Waals surface area contributed by atoms with Gasteiger partial charge in [-0.1, -0.05) is 13.2 Å². The van der Waals surface area contributed by atoms with Crippen LogP contribution >= 0.6 is 0 Å². The number of ether oxygens (including phenoxy) is 1. The zero-order valence-corrected chi connectivity index (χ0v) is 12.4.